The predicted molar refractivity (Wildman–Crippen MR) is 57.0 cm³/mol. The van der Waals surface area contributed by atoms with Crippen LogP contribution >= 0.6 is 11.6 Å². The van der Waals surface area contributed by atoms with Gasteiger partial charge in [-0.05, 0) is 36.0 Å². The van der Waals surface area contributed by atoms with Crippen LogP contribution in [0.15, 0.2) is 18.2 Å². The molecule has 0 amide bonds. The summed E-state index contributed by atoms with van der Waals surface area (Å²) >= 11 is 6.36. The fourth-order valence-corrected chi connectivity index (χ4v) is 2.43. The summed E-state index contributed by atoms with van der Waals surface area (Å²) in [6.07, 6.45) is 3.63. The number of benzene rings is 1. The van der Waals surface area contributed by atoms with E-state index in [9.17, 15) is 0 Å². The number of halogens is 1. The summed E-state index contributed by atoms with van der Waals surface area (Å²) in [7, 11) is 0. The van der Waals surface area contributed by atoms with Gasteiger partial charge in [0.2, 0.25) is 0 Å². The van der Waals surface area contributed by atoms with Crippen molar-refractivity contribution in [1.29, 1.82) is 0 Å². The molecule has 1 aromatic rings. The van der Waals surface area contributed by atoms with Gasteiger partial charge in [0.25, 0.3) is 0 Å². The topological polar surface area (TPSA) is 9.23 Å². The van der Waals surface area contributed by atoms with Crippen LogP contribution in [0.2, 0.25) is 0 Å². The molecule has 74 valence electrons. The third-order valence-electron chi connectivity index (χ3n) is 3.07. The zero-order valence-corrected chi connectivity index (χ0v) is 8.76. The van der Waals surface area contributed by atoms with Crippen LogP contribution in [-0.4, -0.2) is 6.61 Å². The van der Waals surface area contributed by atoms with Crippen molar-refractivity contribution in [1.82, 2.24) is 0 Å². The molecule has 0 N–H and O–H groups in total. The van der Waals surface area contributed by atoms with Crippen LogP contribution in [0.25, 0.3) is 0 Å². The quantitative estimate of drug-likeness (QED) is 0.678. The predicted octanol–water partition coefficient (Wildman–Crippen LogP) is 3.31. The van der Waals surface area contributed by atoms with Gasteiger partial charge in [-0.25, -0.2) is 0 Å². The number of hydrogen-bond donors (Lipinski definition) is 0. The molecular weight excluding hydrogens is 196 g/mol. The zero-order valence-electron chi connectivity index (χ0n) is 8.00. The number of fused-ring (bicyclic) bond motifs is 1. The standard InChI is InChI=1S/C12H13ClO/c13-12(8-1-2-8)10-3-4-11-9(7-10)5-6-14-11/h3-4,7-8,12H,1-2,5-6H2. The van der Waals surface area contributed by atoms with E-state index in [0.717, 1.165) is 24.7 Å². The van der Waals surface area contributed by atoms with Crippen LogP contribution in [-0.2, 0) is 6.42 Å². The molecule has 3 rings (SSSR count). The molecule has 0 radical (unpaired) electrons. The van der Waals surface area contributed by atoms with E-state index < -0.39 is 0 Å². The Morgan fingerprint density at radius 3 is 3.00 bits per heavy atom. The normalized spacial score (nSPS) is 21.5. The minimum Gasteiger partial charge on any atom is -0.493 e. The Morgan fingerprint density at radius 1 is 1.36 bits per heavy atom. The molecule has 1 nitrogen and oxygen atoms in total. The second-order valence-electron chi connectivity index (χ2n) is 4.20. The van der Waals surface area contributed by atoms with E-state index in [-0.39, 0.29) is 5.38 Å². The van der Waals surface area contributed by atoms with Gasteiger partial charge in [-0.15, -0.1) is 11.6 Å². The molecule has 0 saturated heterocycles. The summed E-state index contributed by atoms with van der Waals surface area (Å²) in [5.74, 6) is 1.77. The van der Waals surface area contributed by atoms with E-state index in [0.29, 0.717) is 0 Å². The Labute approximate surface area is 89.0 Å². The maximum atomic E-state index is 6.36. The lowest BCUT2D eigenvalue weighted by Crippen LogP contribution is -1.93. The number of hydrogen-bond acceptors (Lipinski definition) is 1. The van der Waals surface area contributed by atoms with Crippen LogP contribution in [0.5, 0.6) is 5.75 Å². The smallest absolute Gasteiger partial charge is 0.122 e. The van der Waals surface area contributed by atoms with Crippen LogP contribution < -0.4 is 4.74 Å². The van der Waals surface area contributed by atoms with Gasteiger partial charge >= 0.3 is 0 Å². The minimum absolute atomic E-state index is 0.223. The van der Waals surface area contributed by atoms with Crippen molar-refractivity contribution in [3.63, 3.8) is 0 Å². The highest BCUT2D eigenvalue weighted by molar-refractivity contribution is 6.21. The van der Waals surface area contributed by atoms with Crippen molar-refractivity contribution < 1.29 is 4.74 Å². The van der Waals surface area contributed by atoms with E-state index in [1.54, 1.807) is 0 Å². The van der Waals surface area contributed by atoms with E-state index in [1.165, 1.54) is 24.0 Å². The monoisotopic (exact) mass is 208 g/mol. The molecule has 1 unspecified atom stereocenters. The highest BCUT2D eigenvalue weighted by Crippen LogP contribution is 2.45. The van der Waals surface area contributed by atoms with E-state index >= 15 is 0 Å². The molecule has 0 aromatic heterocycles. The summed E-state index contributed by atoms with van der Waals surface area (Å²) in [6.45, 7) is 0.829. The molecule has 1 fully saturated rings. The average Bonchev–Trinajstić information content (AvgIpc) is 2.95. The third kappa shape index (κ3) is 1.40. The summed E-state index contributed by atoms with van der Waals surface area (Å²) in [5.41, 5.74) is 2.60. The van der Waals surface area contributed by atoms with Crippen molar-refractivity contribution in [2.45, 2.75) is 24.6 Å². The van der Waals surface area contributed by atoms with Gasteiger partial charge in [0, 0.05) is 6.42 Å². The molecule has 0 bridgehead atoms. The van der Waals surface area contributed by atoms with Gasteiger partial charge in [-0.3, -0.25) is 0 Å². The molecule has 1 aliphatic heterocycles. The fourth-order valence-electron chi connectivity index (χ4n) is 2.04. The molecule has 0 spiro atoms. The Morgan fingerprint density at radius 2 is 2.21 bits per heavy atom. The van der Waals surface area contributed by atoms with E-state index in [2.05, 4.69) is 18.2 Å². The largest absolute Gasteiger partial charge is 0.493 e. The SMILES string of the molecule is ClC(c1ccc2c(c1)CCO2)C1CC1. The Hall–Kier alpha value is -0.690. The van der Waals surface area contributed by atoms with E-state index in [4.69, 9.17) is 16.3 Å². The number of rotatable bonds is 2. The summed E-state index contributed by atoms with van der Waals surface area (Å²) in [4.78, 5) is 0. The van der Waals surface area contributed by atoms with Crippen LogP contribution in [0.1, 0.15) is 29.3 Å². The maximum Gasteiger partial charge on any atom is 0.122 e. The molecule has 2 heteroatoms. The van der Waals surface area contributed by atoms with Crippen LogP contribution in [0.3, 0.4) is 0 Å². The van der Waals surface area contributed by atoms with Gasteiger partial charge in [0.05, 0.1) is 12.0 Å². The van der Waals surface area contributed by atoms with Crippen molar-refractivity contribution in [2.24, 2.45) is 5.92 Å². The third-order valence-corrected chi connectivity index (χ3v) is 3.68. The van der Waals surface area contributed by atoms with Gasteiger partial charge < -0.3 is 4.74 Å². The summed E-state index contributed by atoms with van der Waals surface area (Å²) in [5, 5.41) is 0.223. The van der Waals surface area contributed by atoms with Crippen molar-refractivity contribution >= 4 is 11.6 Å². The molecule has 14 heavy (non-hydrogen) atoms. The van der Waals surface area contributed by atoms with Gasteiger partial charge in [-0.1, -0.05) is 12.1 Å². The lowest BCUT2D eigenvalue weighted by atomic mass is 10.0. The van der Waals surface area contributed by atoms with Gasteiger partial charge in [0.1, 0.15) is 5.75 Å². The molecule has 2 aliphatic rings. The first-order valence-electron chi connectivity index (χ1n) is 5.24. The first-order valence-corrected chi connectivity index (χ1v) is 5.68. The van der Waals surface area contributed by atoms with Crippen LogP contribution in [0, 0.1) is 5.92 Å². The highest BCUT2D eigenvalue weighted by Gasteiger charge is 2.31. The molecule has 1 atom stereocenters. The summed E-state index contributed by atoms with van der Waals surface area (Å²) < 4.78 is 5.47. The van der Waals surface area contributed by atoms with E-state index in [1.807, 2.05) is 0 Å². The Kier molecular flexibility index (Phi) is 1.94. The molecule has 1 aliphatic carbocycles. The number of ether oxygens (including phenoxy) is 1. The first kappa shape index (κ1) is 8.60. The van der Waals surface area contributed by atoms with Crippen molar-refractivity contribution in [3.8, 4) is 5.75 Å². The molecular formula is C12H13ClO. The zero-order chi connectivity index (χ0) is 9.54. The molecule has 1 heterocycles. The van der Waals surface area contributed by atoms with Crippen molar-refractivity contribution in [3.05, 3.63) is 29.3 Å². The fraction of sp³-hybridized carbons (Fsp3) is 0.500. The minimum atomic E-state index is 0.223. The van der Waals surface area contributed by atoms with Gasteiger partial charge in [0.15, 0.2) is 0 Å². The first-order chi connectivity index (χ1) is 6.84. The average molecular weight is 209 g/mol. The Balaban J connectivity index is 1.91. The lowest BCUT2D eigenvalue weighted by Gasteiger charge is -2.09. The highest BCUT2D eigenvalue weighted by atomic mass is 35.5. The second-order valence-corrected chi connectivity index (χ2v) is 4.68. The van der Waals surface area contributed by atoms with Gasteiger partial charge in [-0.2, -0.15) is 0 Å². The second kappa shape index (κ2) is 3.16. The maximum absolute atomic E-state index is 6.36. The summed E-state index contributed by atoms with van der Waals surface area (Å²) in [6, 6.07) is 6.40. The Bertz CT molecular complexity index is 357. The molecule has 1 saturated carbocycles. The van der Waals surface area contributed by atoms with Crippen molar-refractivity contribution in [2.75, 3.05) is 6.61 Å². The number of alkyl halides is 1. The lowest BCUT2D eigenvalue weighted by molar-refractivity contribution is 0.357. The van der Waals surface area contributed by atoms with Crippen LogP contribution in [0.4, 0.5) is 0 Å². The molecule has 1 aromatic carbocycles.